The number of carbonyl (C=O) groups excluding carboxylic acids is 1. The Morgan fingerprint density at radius 3 is 2.33 bits per heavy atom. The van der Waals surface area contributed by atoms with Gasteiger partial charge >= 0.3 is 6.09 Å². The maximum Gasteiger partial charge on any atom is 0.407 e. The van der Waals surface area contributed by atoms with Crippen LogP contribution in [0.1, 0.15) is 66.4 Å². The van der Waals surface area contributed by atoms with E-state index in [2.05, 4.69) is 17.5 Å². The van der Waals surface area contributed by atoms with Crippen LogP contribution in [0.3, 0.4) is 0 Å². The zero-order valence-corrected chi connectivity index (χ0v) is 23.3. The standard InChI is InChI=1S/C27H43N3O5S/c1-7-34-25(35-8-2)19(3)29(17-20-18-36-23-15-10-9-13-21(20)23)24(31)22(28)14-11-12-16-30(26(32)33)27(4,5)6/h9-10,13,15,18-19,22,25H,7-8,11-12,14,16-17,28H2,1-6H3,(H,32,33)/t19-,22-/m0/s1. The smallest absolute Gasteiger partial charge is 0.407 e. The lowest BCUT2D eigenvalue weighted by molar-refractivity contribution is -0.179. The first-order valence-electron chi connectivity index (χ1n) is 12.8. The summed E-state index contributed by atoms with van der Waals surface area (Å²) in [5.74, 6) is -0.159. The Labute approximate surface area is 219 Å². The van der Waals surface area contributed by atoms with Gasteiger partial charge in [-0.25, -0.2) is 4.79 Å². The number of rotatable bonds is 14. The zero-order valence-electron chi connectivity index (χ0n) is 22.5. The van der Waals surface area contributed by atoms with Crippen LogP contribution in [0.25, 0.3) is 10.1 Å². The monoisotopic (exact) mass is 521 g/mol. The lowest BCUT2D eigenvalue weighted by atomic mass is 10.0. The minimum Gasteiger partial charge on any atom is -0.465 e. The Balaban J connectivity index is 2.15. The number of nitrogens with two attached hydrogens (primary N) is 1. The van der Waals surface area contributed by atoms with Gasteiger partial charge in [0.1, 0.15) is 0 Å². The van der Waals surface area contributed by atoms with E-state index in [0.29, 0.717) is 45.6 Å². The van der Waals surface area contributed by atoms with Gasteiger partial charge in [0.15, 0.2) is 6.29 Å². The molecule has 2 amide bonds. The van der Waals surface area contributed by atoms with E-state index in [-0.39, 0.29) is 11.9 Å². The summed E-state index contributed by atoms with van der Waals surface area (Å²) in [4.78, 5) is 28.4. The average Bonchev–Trinajstić information content (AvgIpc) is 3.23. The molecule has 0 spiro atoms. The fraction of sp³-hybridized carbons (Fsp3) is 0.630. The van der Waals surface area contributed by atoms with Gasteiger partial charge in [-0.2, -0.15) is 0 Å². The molecule has 8 nitrogen and oxygen atoms in total. The van der Waals surface area contributed by atoms with Crippen LogP contribution in [-0.4, -0.2) is 70.6 Å². The Kier molecular flexibility index (Phi) is 11.6. The van der Waals surface area contributed by atoms with Crippen molar-refractivity contribution in [3.8, 4) is 0 Å². The minimum atomic E-state index is -0.941. The first-order valence-corrected chi connectivity index (χ1v) is 13.6. The van der Waals surface area contributed by atoms with Crippen molar-refractivity contribution in [3.05, 3.63) is 35.2 Å². The van der Waals surface area contributed by atoms with Crippen LogP contribution in [0.2, 0.25) is 0 Å². The van der Waals surface area contributed by atoms with Crippen LogP contribution in [0.15, 0.2) is 29.6 Å². The van der Waals surface area contributed by atoms with Crippen LogP contribution in [0.5, 0.6) is 0 Å². The summed E-state index contributed by atoms with van der Waals surface area (Å²) in [6, 6.07) is 7.11. The molecule has 1 aromatic heterocycles. The third kappa shape index (κ3) is 8.16. The third-order valence-corrected chi connectivity index (χ3v) is 7.25. The number of thiophene rings is 1. The predicted molar refractivity (Wildman–Crippen MR) is 145 cm³/mol. The molecule has 0 aliphatic heterocycles. The van der Waals surface area contributed by atoms with E-state index in [1.807, 2.05) is 53.7 Å². The number of fused-ring (bicyclic) bond motifs is 1. The number of hydrogen-bond donors (Lipinski definition) is 2. The molecule has 1 heterocycles. The highest BCUT2D eigenvalue weighted by Gasteiger charge is 2.32. The van der Waals surface area contributed by atoms with Crippen molar-refractivity contribution in [1.29, 1.82) is 0 Å². The van der Waals surface area contributed by atoms with Crippen LogP contribution in [0.4, 0.5) is 4.79 Å². The van der Waals surface area contributed by atoms with Crippen molar-refractivity contribution < 1.29 is 24.2 Å². The van der Waals surface area contributed by atoms with Crippen molar-refractivity contribution in [2.24, 2.45) is 5.73 Å². The largest absolute Gasteiger partial charge is 0.465 e. The van der Waals surface area contributed by atoms with Gasteiger partial charge < -0.3 is 30.1 Å². The van der Waals surface area contributed by atoms with Crippen LogP contribution >= 0.6 is 11.3 Å². The van der Waals surface area contributed by atoms with Gasteiger partial charge in [0.05, 0.1) is 12.1 Å². The van der Waals surface area contributed by atoms with E-state index in [1.165, 1.54) is 9.60 Å². The first-order chi connectivity index (χ1) is 17.0. The van der Waals surface area contributed by atoms with Gasteiger partial charge in [0, 0.05) is 36.5 Å². The molecule has 0 radical (unpaired) electrons. The van der Waals surface area contributed by atoms with Crippen molar-refractivity contribution in [2.75, 3.05) is 19.8 Å². The second-order valence-corrected chi connectivity index (χ2v) is 10.9. The van der Waals surface area contributed by atoms with E-state index in [1.54, 1.807) is 16.2 Å². The highest BCUT2D eigenvalue weighted by Crippen LogP contribution is 2.28. The number of ether oxygens (including phenoxy) is 2. The molecule has 36 heavy (non-hydrogen) atoms. The highest BCUT2D eigenvalue weighted by molar-refractivity contribution is 7.17. The molecule has 0 bridgehead atoms. The summed E-state index contributed by atoms with van der Waals surface area (Å²) in [7, 11) is 0. The molecular formula is C27H43N3O5S. The van der Waals surface area contributed by atoms with E-state index >= 15 is 0 Å². The molecule has 0 unspecified atom stereocenters. The molecule has 0 saturated heterocycles. The quantitative estimate of drug-likeness (QED) is 0.258. The molecule has 202 valence electrons. The molecule has 9 heteroatoms. The van der Waals surface area contributed by atoms with Gasteiger partial charge in [0.25, 0.3) is 0 Å². The summed E-state index contributed by atoms with van der Waals surface area (Å²) in [5.41, 5.74) is 7.00. The Hall–Kier alpha value is -2.20. The molecular weight excluding hydrogens is 478 g/mol. The Bertz CT molecular complexity index is 968. The van der Waals surface area contributed by atoms with Crippen LogP contribution in [-0.2, 0) is 20.8 Å². The number of benzene rings is 1. The Morgan fingerprint density at radius 1 is 1.11 bits per heavy atom. The normalized spacial score (nSPS) is 13.7. The second kappa shape index (κ2) is 13.9. The van der Waals surface area contributed by atoms with E-state index in [0.717, 1.165) is 10.9 Å². The number of carboxylic acid groups (broad SMARTS) is 1. The number of hydrogen-bond acceptors (Lipinski definition) is 6. The fourth-order valence-electron chi connectivity index (χ4n) is 4.25. The summed E-state index contributed by atoms with van der Waals surface area (Å²) in [6.07, 6.45) is 0.255. The van der Waals surface area contributed by atoms with Crippen molar-refractivity contribution in [2.45, 2.75) is 91.3 Å². The third-order valence-electron chi connectivity index (χ3n) is 6.24. The van der Waals surface area contributed by atoms with Gasteiger partial charge in [-0.3, -0.25) is 4.79 Å². The first kappa shape index (κ1) is 30.0. The van der Waals surface area contributed by atoms with Crippen molar-refractivity contribution >= 4 is 33.4 Å². The van der Waals surface area contributed by atoms with E-state index < -0.39 is 24.0 Å². The second-order valence-electron chi connectivity index (χ2n) is 9.95. The summed E-state index contributed by atoms with van der Waals surface area (Å²) in [6.45, 7) is 13.1. The molecule has 0 aliphatic carbocycles. The van der Waals surface area contributed by atoms with Gasteiger partial charge in [0.2, 0.25) is 5.91 Å². The Morgan fingerprint density at radius 2 is 1.75 bits per heavy atom. The molecule has 2 aromatic rings. The molecule has 1 aromatic carbocycles. The summed E-state index contributed by atoms with van der Waals surface area (Å²) < 4.78 is 12.8. The fourth-order valence-corrected chi connectivity index (χ4v) is 5.21. The number of unbranched alkanes of at least 4 members (excludes halogenated alkanes) is 1. The minimum absolute atomic E-state index is 0.159. The predicted octanol–water partition coefficient (Wildman–Crippen LogP) is 5.29. The number of nitrogens with zero attached hydrogens (tertiary/aromatic N) is 2. The lowest BCUT2D eigenvalue weighted by Gasteiger charge is -2.36. The molecule has 0 aliphatic rings. The molecule has 0 saturated carbocycles. The number of amides is 2. The molecule has 3 N–H and O–H groups in total. The zero-order chi connectivity index (χ0) is 26.9. The maximum absolute atomic E-state index is 13.6. The summed E-state index contributed by atoms with van der Waals surface area (Å²) >= 11 is 1.66. The number of carbonyl (C=O) groups is 2. The van der Waals surface area contributed by atoms with Crippen molar-refractivity contribution in [1.82, 2.24) is 9.80 Å². The molecule has 2 rings (SSSR count). The van der Waals surface area contributed by atoms with Crippen molar-refractivity contribution in [3.63, 3.8) is 0 Å². The highest BCUT2D eigenvalue weighted by atomic mass is 32.1. The topological polar surface area (TPSA) is 105 Å². The van der Waals surface area contributed by atoms with Crippen LogP contribution in [0, 0.1) is 0 Å². The van der Waals surface area contributed by atoms with E-state index in [9.17, 15) is 14.7 Å². The molecule has 2 atom stereocenters. The van der Waals surface area contributed by atoms with Gasteiger partial charge in [-0.1, -0.05) is 18.2 Å². The molecule has 0 fully saturated rings. The van der Waals surface area contributed by atoms with E-state index in [4.69, 9.17) is 15.2 Å². The maximum atomic E-state index is 13.6. The lowest BCUT2D eigenvalue weighted by Crippen LogP contribution is -2.52. The van der Waals surface area contributed by atoms with Crippen LogP contribution < -0.4 is 5.73 Å². The average molecular weight is 522 g/mol. The van der Waals surface area contributed by atoms with Gasteiger partial charge in [-0.15, -0.1) is 11.3 Å². The summed E-state index contributed by atoms with van der Waals surface area (Å²) in [5, 5.41) is 12.7. The SMILES string of the molecule is CCOC(OCC)[C@H](C)N(Cc1csc2ccccc12)C(=O)[C@@H](N)CCCCN(C(=O)O)C(C)(C)C. The van der Waals surface area contributed by atoms with Gasteiger partial charge in [-0.05, 0) is 83.2 Å².